The van der Waals surface area contributed by atoms with Crippen molar-refractivity contribution in [3.05, 3.63) is 87.7 Å². The number of hydrogen-bond donors (Lipinski definition) is 1. The van der Waals surface area contributed by atoms with Crippen LogP contribution >= 0.6 is 0 Å². The van der Waals surface area contributed by atoms with Crippen LogP contribution in [-0.2, 0) is 26.6 Å². The monoisotopic (exact) mass is 402 g/mol. The fourth-order valence-electron chi connectivity index (χ4n) is 4.00. The number of carbonyl (C=O) groups is 2. The van der Waals surface area contributed by atoms with E-state index in [4.69, 9.17) is 0 Å². The van der Waals surface area contributed by atoms with Gasteiger partial charge in [-0.15, -0.1) is 0 Å². The molecule has 3 aromatic rings. The molecule has 0 aliphatic carbocycles. The number of rotatable bonds is 4. The van der Waals surface area contributed by atoms with Gasteiger partial charge < -0.3 is 10.2 Å². The summed E-state index contributed by atoms with van der Waals surface area (Å²) in [6.45, 7) is 5.45. The Morgan fingerprint density at radius 3 is 2.53 bits per heavy atom. The van der Waals surface area contributed by atoms with Crippen molar-refractivity contribution in [2.24, 2.45) is 7.05 Å². The van der Waals surface area contributed by atoms with Crippen LogP contribution in [0.2, 0.25) is 0 Å². The molecule has 0 spiro atoms. The molecule has 0 bridgehead atoms. The van der Waals surface area contributed by atoms with Crippen LogP contribution in [0.3, 0.4) is 0 Å². The minimum atomic E-state index is -0.210. The molecule has 2 aromatic carbocycles. The summed E-state index contributed by atoms with van der Waals surface area (Å²) in [7, 11) is 1.86. The van der Waals surface area contributed by atoms with Crippen molar-refractivity contribution in [2.45, 2.75) is 33.4 Å². The minimum Gasteiger partial charge on any atom is -0.347 e. The molecule has 6 nitrogen and oxygen atoms in total. The lowest BCUT2D eigenvalue weighted by Crippen LogP contribution is -2.37. The average Bonchev–Trinajstić information content (AvgIpc) is 3.07. The predicted molar refractivity (Wildman–Crippen MR) is 115 cm³/mol. The molecule has 0 saturated carbocycles. The molecule has 1 aromatic heterocycles. The van der Waals surface area contributed by atoms with Gasteiger partial charge in [0.1, 0.15) is 0 Å². The highest BCUT2D eigenvalue weighted by Crippen LogP contribution is 2.24. The molecule has 1 N–H and O–H groups in total. The normalized spacial score (nSPS) is 13.1. The first-order valence-electron chi connectivity index (χ1n) is 10.2. The fraction of sp³-hybridized carbons (Fsp3) is 0.292. The maximum Gasteiger partial charge on any atom is 0.272 e. The van der Waals surface area contributed by atoms with Gasteiger partial charge in [0.15, 0.2) is 5.69 Å². The van der Waals surface area contributed by atoms with Crippen LogP contribution in [0.1, 0.15) is 48.8 Å². The summed E-state index contributed by atoms with van der Waals surface area (Å²) in [5.74, 6) is -0.225. The molecule has 1 aliphatic heterocycles. The molecule has 0 atom stereocenters. The van der Waals surface area contributed by atoms with E-state index in [1.165, 1.54) is 0 Å². The number of fused-ring (bicyclic) bond motifs is 1. The molecular weight excluding hydrogens is 376 g/mol. The van der Waals surface area contributed by atoms with Gasteiger partial charge in [-0.3, -0.25) is 14.3 Å². The molecule has 2 amide bonds. The van der Waals surface area contributed by atoms with Gasteiger partial charge >= 0.3 is 0 Å². The van der Waals surface area contributed by atoms with Gasteiger partial charge in [0.25, 0.3) is 11.8 Å². The van der Waals surface area contributed by atoms with E-state index in [1.54, 1.807) is 9.58 Å². The summed E-state index contributed by atoms with van der Waals surface area (Å²) in [6.07, 6.45) is 0.682. The summed E-state index contributed by atoms with van der Waals surface area (Å²) in [5.41, 5.74) is 6.19. The lowest BCUT2D eigenvalue weighted by Gasteiger charge is -2.27. The molecular formula is C24H26N4O2. The van der Waals surface area contributed by atoms with Crippen molar-refractivity contribution in [1.29, 1.82) is 0 Å². The number of nitrogens with zero attached hydrogens (tertiary/aromatic N) is 3. The zero-order valence-electron chi connectivity index (χ0n) is 17.6. The first kappa shape index (κ1) is 19.9. The Morgan fingerprint density at radius 2 is 1.80 bits per heavy atom. The third-order valence-electron chi connectivity index (χ3n) is 5.55. The number of carbonyl (C=O) groups excluding carboxylic acids is 2. The molecule has 1 aliphatic rings. The summed E-state index contributed by atoms with van der Waals surface area (Å²) >= 11 is 0. The van der Waals surface area contributed by atoms with E-state index in [1.807, 2.05) is 63.4 Å². The third-order valence-corrected chi connectivity index (χ3v) is 5.55. The maximum absolute atomic E-state index is 13.0. The summed E-state index contributed by atoms with van der Waals surface area (Å²) in [6, 6.07) is 15.7. The van der Waals surface area contributed by atoms with Crippen molar-refractivity contribution in [1.82, 2.24) is 20.0 Å². The summed E-state index contributed by atoms with van der Waals surface area (Å²) in [4.78, 5) is 27.7. The van der Waals surface area contributed by atoms with E-state index >= 15 is 0 Å². The zero-order valence-corrected chi connectivity index (χ0v) is 17.6. The lowest BCUT2D eigenvalue weighted by molar-refractivity contribution is 0.0730. The van der Waals surface area contributed by atoms with Crippen molar-refractivity contribution in [2.75, 3.05) is 6.54 Å². The van der Waals surface area contributed by atoms with E-state index in [2.05, 4.69) is 16.5 Å². The van der Waals surface area contributed by atoms with Gasteiger partial charge in [0, 0.05) is 43.4 Å². The van der Waals surface area contributed by atoms with E-state index < -0.39 is 0 Å². The minimum absolute atomic E-state index is 0.0145. The van der Waals surface area contributed by atoms with Crippen molar-refractivity contribution in [3.8, 4) is 0 Å². The maximum atomic E-state index is 13.0. The van der Waals surface area contributed by atoms with Gasteiger partial charge in [-0.1, -0.05) is 47.5 Å². The lowest BCUT2D eigenvalue weighted by atomic mass is 10.0. The van der Waals surface area contributed by atoms with E-state index in [0.29, 0.717) is 37.3 Å². The number of hydrogen-bond acceptors (Lipinski definition) is 3. The van der Waals surface area contributed by atoms with Crippen LogP contribution in [0.15, 0.2) is 48.5 Å². The summed E-state index contributed by atoms with van der Waals surface area (Å²) < 4.78 is 1.77. The SMILES string of the molecule is Cc1cccc(CNC(=O)c2nn(C)c3c2CN(C(=O)c2cccc(C)c2)CC3)c1. The second-order valence-corrected chi connectivity index (χ2v) is 7.92. The first-order chi connectivity index (χ1) is 14.4. The molecule has 30 heavy (non-hydrogen) atoms. The van der Waals surface area contributed by atoms with Crippen LogP contribution in [0.4, 0.5) is 0 Å². The Hall–Kier alpha value is -3.41. The number of amides is 2. The van der Waals surface area contributed by atoms with Crippen LogP contribution in [-0.4, -0.2) is 33.0 Å². The van der Waals surface area contributed by atoms with Gasteiger partial charge in [0.2, 0.25) is 0 Å². The van der Waals surface area contributed by atoms with Crippen LogP contribution in [0, 0.1) is 13.8 Å². The van der Waals surface area contributed by atoms with Gasteiger partial charge in [-0.05, 0) is 31.5 Å². The van der Waals surface area contributed by atoms with Gasteiger partial charge in [-0.25, -0.2) is 0 Å². The molecule has 4 rings (SSSR count). The number of benzene rings is 2. The molecule has 0 saturated heterocycles. The Morgan fingerprint density at radius 1 is 1.07 bits per heavy atom. The molecule has 154 valence electrons. The number of nitrogens with one attached hydrogen (secondary N) is 1. The average molecular weight is 402 g/mol. The zero-order chi connectivity index (χ0) is 21.3. The first-order valence-corrected chi connectivity index (χ1v) is 10.2. The van der Waals surface area contributed by atoms with E-state index in [9.17, 15) is 9.59 Å². The number of aryl methyl sites for hydroxylation is 3. The number of aromatic nitrogens is 2. The Kier molecular flexibility index (Phi) is 5.40. The van der Waals surface area contributed by atoms with Crippen LogP contribution in [0.25, 0.3) is 0 Å². The van der Waals surface area contributed by atoms with E-state index in [0.717, 1.165) is 27.9 Å². The Balaban J connectivity index is 1.52. The van der Waals surface area contributed by atoms with Crippen molar-refractivity contribution >= 4 is 11.8 Å². The van der Waals surface area contributed by atoms with Crippen molar-refractivity contribution < 1.29 is 9.59 Å². The third kappa shape index (κ3) is 3.99. The highest BCUT2D eigenvalue weighted by Gasteiger charge is 2.29. The summed E-state index contributed by atoms with van der Waals surface area (Å²) in [5, 5.41) is 7.44. The molecule has 0 unspecified atom stereocenters. The Labute approximate surface area is 176 Å². The topological polar surface area (TPSA) is 67.2 Å². The highest BCUT2D eigenvalue weighted by atomic mass is 16.2. The van der Waals surface area contributed by atoms with Crippen LogP contribution in [0.5, 0.6) is 0 Å². The smallest absolute Gasteiger partial charge is 0.272 e. The van der Waals surface area contributed by atoms with Crippen molar-refractivity contribution in [3.63, 3.8) is 0 Å². The standard InChI is InChI=1S/C24H26N4O2/c1-16-6-4-8-18(12-16)14-25-23(29)22-20-15-28(11-10-21(20)27(3)26-22)24(30)19-9-5-7-17(2)13-19/h4-9,12-13H,10-11,14-15H2,1-3H3,(H,25,29). The predicted octanol–water partition coefficient (Wildman–Crippen LogP) is 3.17. The molecule has 6 heteroatoms. The second-order valence-electron chi connectivity index (χ2n) is 7.92. The second kappa shape index (κ2) is 8.14. The van der Waals surface area contributed by atoms with Gasteiger partial charge in [0.05, 0.1) is 6.54 Å². The van der Waals surface area contributed by atoms with Gasteiger partial charge in [-0.2, -0.15) is 5.10 Å². The molecule has 0 radical (unpaired) electrons. The van der Waals surface area contributed by atoms with Crippen LogP contribution < -0.4 is 5.32 Å². The molecule has 0 fully saturated rings. The molecule has 2 heterocycles. The quantitative estimate of drug-likeness (QED) is 0.729. The van der Waals surface area contributed by atoms with E-state index in [-0.39, 0.29) is 11.8 Å². The fourth-order valence-corrected chi connectivity index (χ4v) is 4.00. The highest BCUT2D eigenvalue weighted by molar-refractivity contribution is 5.96. The largest absolute Gasteiger partial charge is 0.347 e. The Bertz CT molecular complexity index is 1120.